The molecule has 1 saturated carbocycles. The van der Waals surface area contributed by atoms with E-state index in [-0.39, 0.29) is 17.4 Å². The highest BCUT2D eigenvalue weighted by Gasteiger charge is 2.31. The molecule has 130 valence electrons. The van der Waals surface area contributed by atoms with Gasteiger partial charge in [-0.2, -0.15) is 0 Å². The molecule has 3 rings (SSSR count). The number of carbonyl (C=O) groups is 3. The quantitative estimate of drug-likeness (QED) is 0.802. The van der Waals surface area contributed by atoms with E-state index in [1.165, 1.54) is 18.4 Å². The first kappa shape index (κ1) is 17.2. The van der Waals surface area contributed by atoms with E-state index in [1.807, 2.05) is 30.3 Å². The Balaban J connectivity index is 1.90. The fourth-order valence-corrected chi connectivity index (χ4v) is 3.26. The van der Waals surface area contributed by atoms with Crippen LogP contribution in [0.3, 0.4) is 0 Å². The van der Waals surface area contributed by atoms with Crippen molar-refractivity contribution in [3.05, 3.63) is 41.3 Å². The lowest BCUT2D eigenvalue weighted by Crippen LogP contribution is -2.18. The van der Waals surface area contributed by atoms with Crippen molar-refractivity contribution >= 4 is 34.2 Å². The van der Waals surface area contributed by atoms with Crippen LogP contribution >= 0.6 is 11.3 Å². The predicted octanol–water partition coefficient (Wildman–Crippen LogP) is 3.09. The SMILES string of the molecule is COC(=O)COC(=O)c1c(-c2ccccc2)csc1NC(=O)C1CC1. The normalized spacial score (nSPS) is 13.2. The molecule has 1 amide bonds. The van der Waals surface area contributed by atoms with E-state index < -0.39 is 18.5 Å². The van der Waals surface area contributed by atoms with Gasteiger partial charge >= 0.3 is 11.9 Å². The molecule has 0 saturated heterocycles. The summed E-state index contributed by atoms with van der Waals surface area (Å²) in [6, 6.07) is 9.33. The number of anilines is 1. The molecule has 0 unspecified atom stereocenters. The van der Waals surface area contributed by atoms with E-state index in [2.05, 4.69) is 10.1 Å². The molecule has 25 heavy (non-hydrogen) atoms. The zero-order valence-electron chi connectivity index (χ0n) is 13.6. The molecule has 1 fully saturated rings. The second-order valence-electron chi connectivity index (χ2n) is 5.64. The third-order valence-corrected chi connectivity index (χ3v) is 4.71. The van der Waals surface area contributed by atoms with Crippen LogP contribution in [0.2, 0.25) is 0 Å². The van der Waals surface area contributed by atoms with Crippen LogP contribution in [0.1, 0.15) is 23.2 Å². The zero-order chi connectivity index (χ0) is 17.8. The molecule has 0 atom stereocenters. The van der Waals surface area contributed by atoms with Crippen LogP contribution in [0, 0.1) is 5.92 Å². The second kappa shape index (κ2) is 7.48. The van der Waals surface area contributed by atoms with Gasteiger partial charge in [0.05, 0.1) is 7.11 Å². The number of hydrogen-bond donors (Lipinski definition) is 1. The topological polar surface area (TPSA) is 81.7 Å². The smallest absolute Gasteiger partial charge is 0.344 e. The molecule has 2 aromatic rings. The maximum absolute atomic E-state index is 12.5. The molecular formula is C18H17NO5S. The maximum atomic E-state index is 12.5. The molecule has 1 aromatic heterocycles. The molecule has 1 aromatic carbocycles. The Morgan fingerprint density at radius 2 is 1.92 bits per heavy atom. The Labute approximate surface area is 148 Å². The van der Waals surface area contributed by atoms with E-state index in [9.17, 15) is 14.4 Å². The molecule has 6 nitrogen and oxygen atoms in total. The Morgan fingerprint density at radius 3 is 2.56 bits per heavy atom. The summed E-state index contributed by atoms with van der Waals surface area (Å²) in [6.07, 6.45) is 1.73. The van der Waals surface area contributed by atoms with Crippen LogP contribution in [0.5, 0.6) is 0 Å². The van der Waals surface area contributed by atoms with Gasteiger partial charge in [-0.05, 0) is 18.4 Å². The highest BCUT2D eigenvalue weighted by atomic mass is 32.1. The maximum Gasteiger partial charge on any atom is 0.344 e. The van der Waals surface area contributed by atoms with Gasteiger partial charge in [-0.15, -0.1) is 11.3 Å². The molecule has 0 radical (unpaired) electrons. The summed E-state index contributed by atoms with van der Waals surface area (Å²) < 4.78 is 9.53. The van der Waals surface area contributed by atoms with E-state index in [1.54, 1.807) is 5.38 Å². The van der Waals surface area contributed by atoms with Gasteiger partial charge in [-0.25, -0.2) is 9.59 Å². The van der Waals surface area contributed by atoms with Gasteiger partial charge in [-0.1, -0.05) is 30.3 Å². The standard InChI is InChI=1S/C18H17NO5S/c1-23-14(20)9-24-18(22)15-13(11-5-3-2-4-6-11)10-25-17(15)19-16(21)12-7-8-12/h2-6,10,12H,7-9H2,1H3,(H,19,21). The van der Waals surface area contributed by atoms with Crippen LogP contribution in [0.25, 0.3) is 11.1 Å². The van der Waals surface area contributed by atoms with Crippen molar-refractivity contribution in [1.82, 2.24) is 0 Å². The average Bonchev–Trinajstić information content (AvgIpc) is 3.41. The number of carbonyl (C=O) groups excluding carboxylic acids is 3. The van der Waals surface area contributed by atoms with Gasteiger partial charge < -0.3 is 14.8 Å². The number of methoxy groups -OCH3 is 1. The van der Waals surface area contributed by atoms with Gasteiger partial charge in [0, 0.05) is 16.9 Å². The second-order valence-corrected chi connectivity index (χ2v) is 6.51. The Kier molecular flexibility index (Phi) is 5.14. The number of rotatable bonds is 6. The number of benzene rings is 1. The van der Waals surface area contributed by atoms with E-state index in [0.29, 0.717) is 10.6 Å². The van der Waals surface area contributed by atoms with Crippen LogP contribution in [-0.4, -0.2) is 31.6 Å². The summed E-state index contributed by atoms with van der Waals surface area (Å²) in [6.45, 7) is -0.477. The lowest BCUT2D eigenvalue weighted by molar-refractivity contribution is -0.144. The third-order valence-electron chi connectivity index (χ3n) is 3.81. The lowest BCUT2D eigenvalue weighted by atomic mass is 10.0. The molecule has 1 aliphatic rings. The molecule has 1 aliphatic carbocycles. The fraction of sp³-hybridized carbons (Fsp3) is 0.278. The minimum Gasteiger partial charge on any atom is -0.466 e. The van der Waals surface area contributed by atoms with E-state index >= 15 is 0 Å². The summed E-state index contributed by atoms with van der Waals surface area (Å²) in [7, 11) is 1.22. The molecule has 0 bridgehead atoms. The van der Waals surface area contributed by atoms with Crippen molar-refractivity contribution in [1.29, 1.82) is 0 Å². The van der Waals surface area contributed by atoms with Crippen molar-refractivity contribution in [2.45, 2.75) is 12.8 Å². The average molecular weight is 359 g/mol. The minimum absolute atomic E-state index is 0.0150. The summed E-state index contributed by atoms with van der Waals surface area (Å²) in [4.78, 5) is 35.8. The summed E-state index contributed by atoms with van der Waals surface area (Å²) >= 11 is 1.26. The molecular weight excluding hydrogens is 342 g/mol. The zero-order valence-corrected chi connectivity index (χ0v) is 14.4. The van der Waals surface area contributed by atoms with Crippen molar-refractivity contribution in [2.75, 3.05) is 19.0 Å². The first-order valence-electron chi connectivity index (χ1n) is 7.82. The Bertz CT molecular complexity index is 795. The van der Waals surface area contributed by atoms with Gasteiger partial charge in [0.25, 0.3) is 0 Å². The molecule has 0 spiro atoms. The van der Waals surface area contributed by atoms with Gasteiger partial charge in [0.2, 0.25) is 5.91 Å². The predicted molar refractivity (Wildman–Crippen MR) is 93.4 cm³/mol. The fourth-order valence-electron chi connectivity index (χ4n) is 2.30. The van der Waals surface area contributed by atoms with Gasteiger partial charge in [-0.3, -0.25) is 4.79 Å². The van der Waals surface area contributed by atoms with Crippen molar-refractivity contribution < 1.29 is 23.9 Å². The monoisotopic (exact) mass is 359 g/mol. The summed E-state index contributed by atoms with van der Waals surface area (Å²) in [5.74, 6) is -1.39. The van der Waals surface area contributed by atoms with E-state index in [0.717, 1.165) is 18.4 Å². The van der Waals surface area contributed by atoms with Crippen LogP contribution < -0.4 is 5.32 Å². The van der Waals surface area contributed by atoms with Crippen LogP contribution in [0.15, 0.2) is 35.7 Å². The van der Waals surface area contributed by atoms with E-state index in [4.69, 9.17) is 4.74 Å². The number of thiophene rings is 1. The first-order chi connectivity index (χ1) is 12.1. The number of nitrogens with one attached hydrogen (secondary N) is 1. The minimum atomic E-state index is -0.670. The number of amides is 1. The number of esters is 2. The van der Waals surface area contributed by atoms with Crippen LogP contribution in [0.4, 0.5) is 5.00 Å². The lowest BCUT2D eigenvalue weighted by Gasteiger charge is -2.09. The Hall–Kier alpha value is -2.67. The van der Waals surface area contributed by atoms with Crippen LogP contribution in [-0.2, 0) is 19.1 Å². The summed E-state index contributed by atoms with van der Waals surface area (Å²) in [5.41, 5.74) is 1.75. The van der Waals surface area contributed by atoms with Gasteiger partial charge in [0.1, 0.15) is 10.6 Å². The first-order valence-corrected chi connectivity index (χ1v) is 8.70. The molecule has 1 N–H and O–H groups in total. The largest absolute Gasteiger partial charge is 0.466 e. The van der Waals surface area contributed by atoms with Crippen molar-refractivity contribution in [3.63, 3.8) is 0 Å². The Morgan fingerprint density at radius 1 is 1.20 bits per heavy atom. The third kappa shape index (κ3) is 4.06. The van der Waals surface area contributed by atoms with Crippen molar-refractivity contribution in [2.24, 2.45) is 5.92 Å². The number of hydrogen-bond acceptors (Lipinski definition) is 6. The summed E-state index contributed by atoms with van der Waals surface area (Å²) in [5, 5.41) is 5.04. The highest BCUT2D eigenvalue weighted by molar-refractivity contribution is 7.15. The molecule has 1 heterocycles. The molecule has 0 aliphatic heterocycles. The van der Waals surface area contributed by atoms with Gasteiger partial charge in [0.15, 0.2) is 6.61 Å². The van der Waals surface area contributed by atoms with Crippen molar-refractivity contribution in [3.8, 4) is 11.1 Å². The number of ether oxygens (including phenoxy) is 2. The molecule has 7 heteroatoms. The highest BCUT2D eigenvalue weighted by Crippen LogP contribution is 2.38.